The topological polar surface area (TPSA) is 34.1 Å². The van der Waals surface area contributed by atoms with E-state index in [0.29, 0.717) is 0 Å². The molecule has 0 atom stereocenters. The summed E-state index contributed by atoms with van der Waals surface area (Å²) >= 11 is 0. The number of hydrogen-bond donors (Lipinski definition) is 1. The minimum Gasteiger partial charge on any atom is -0.385 e. The van der Waals surface area contributed by atoms with Crippen LogP contribution < -0.4 is 5.32 Å². The van der Waals surface area contributed by atoms with Crippen molar-refractivity contribution in [2.75, 3.05) is 25.6 Å². The first-order valence-electron chi connectivity index (χ1n) is 4.48. The molecule has 0 unspecified atom stereocenters. The quantitative estimate of drug-likeness (QED) is 0.702. The summed E-state index contributed by atoms with van der Waals surface area (Å²) in [5, 5.41) is 3.22. The standard InChI is InChI=1S/C10H16N2O/c1-9-4-5-10(12-8-9)11-6-3-7-13-2/h4-5,8H,3,6-7H2,1-2H3,(H,11,12). The van der Waals surface area contributed by atoms with Gasteiger partial charge in [-0.25, -0.2) is 4.98 Å². The van der Waals surface area contributed by atoms with E-state index in [4.69, 9.17) is 4.74 Å². The number of aryl methyl sites for hydroxylation is 1. The van der Waals surface area contributed by atoms with Crippen molar-refractivity contribution in [2.45, 2.75) is 13.3 Å². The highest BCUT2D eigenvalue weighted by Crippen LogP contribution is 2.03. The molecule has 3 heteroatoms. The molecule has 72 valence electrons. The molecular weight excluding hydrogens is 164 g/mol. The van der Waals surface area contributed by atoms with Crippen LogP contribution in [0.3, 0.4) is 0 Å². The lowest BCUT2D eigenvalue weighted by atomic mass is 10.3. The number of hydrogen-bond acceptors (Lipinski definition) is 3. The minimum atomic E-state index is 0.791. The number of nitrogens with zero attached hydrogens (tertiary/aromatic N) is 1. The number of aromatic nitrogens is 1. The zero-order valence-electron chi connectivity index (χ0n) is 8.21. The highest BCUT2D eigenvalue weighted by Gasteiger charge is 1.91. The summed E-state index contributed by atoms with van der Waals surface area (Å²) in [6.07, 6.45) is 2.87. The molecule has 1 N–H and O–H groups in total. The van der Waals surface area contributed by atoms with Crippen LogP contribution in [0.15, 0.2) is 18.3 Å². The third kappa shape index (κ3) is 3.90. The summed E-state index contributed by atoms with van der Waals surface area (Å²) in [4.78, 5) is 4.22. The van der Waals surface area contributed by atoms with E-state index in [1.54, 1.807) is 7.11 Å². The normalized spacial score (nSPS) is 10.0. The molecule has 1 aromatic heterocycles. The van der Waals surface area contributed by atoms with Gasteiger partial charge in [0.1, 0.15) is 5.82 Å². The van der Waals surface area contributed by atoms with Gasteiger partial charge in [0.25, 0.3) is 0 Å². The molecule has 0 aliphatic heterocycles. The molecule has 0 aliphatic rings. The average Bonchev–Trinajstić information content (AvgIpc) is 2.15. The van der Waals surface area contributed by atoms with E-state index < -0.39 is 0 Å². The Kier molecular flexibility index (Phi) is 4.26. The van der Waals surface area contributed by atoms with Crippen LogP contribution >= 0.6 is 0 Å². The molecule has 0 saturated carbocycles. The highest BCUT2D eigenvalue weighted by molar-refractivity contribution is 5.34. The maximum Gasteiger partial charge on any atom is 0.125 e. The van der Waals surface area contributed by atoms with E-state index in [1.807, 2.05) is 25.3 Å². The predicted octanol–water partition coefficient (Wildman–Crippen LogP) is 1.84. The van der Waals surface area contributed by atoms with Crippen molar-refractivity contribution in [3.63, 3.8) is 0 Å². The first kappa shape index (κ1) is 9.99. The van der Waals surface area contributed by atoms with E-state index in [1.165, 1.54) is 5.56 Å². The lowest BCUT2D eigenvalue weighted by molar-refractivity contribution is 0.198. The fourth-order valence-corrected chi connectivity index (χ4v) is 1.01. The largest absolute Gasteiger partial charge is 0.385 e. The number of pyridine rings is 1. The van der Waals surface area contributed by atoms with Crippen LogP contribution in [0.2, 0.25) is 0 Å². The molecule has 0 saturated heterocycles. The van der Waals surface area contributed by atoms with Crippen molar-refractivity contribution in [2.24, 2.45) is 0 Å². The summed E-state index contributed by atoms with van der Waals surface area (Å²) in [6, 6.07) is 4.04. The Balaban J connectivity index is 2.25. The maximum atomic E-state index is 4.94. The summed E-state index contributed by atoms with van der Waals surface area (Å²) in [7, 11) is 1.71. The van der Waals surface area contributed by atoms with Crippen molar-refractivity contribution >= 4 is 5.82 Å². The summed E-state index contributed by atoms with van der Waals surface area (Å²) in [5.74, 6) is 0.932. The molecule has 0 fully saturated rings. The number of nitrogens with one attached hydrogen (secondary N) is 1. The predicted molar refractivity (Wildman–Crippen MR) is 54.0 cm³/mol. The number of methoxy groups -OCH3 is 1. The second-order valence-electron chi connectivity index (χ2n) is 2.99. The van der Waals surface area contributed by atoms with Crippen LogP contribution in [-0.4, -0.2) is 25.2 Å². The number of anilines is 1. The van der Waals surface area contributed by atoms with Crippen LogP contribution in [0.1, 0.15) is 12.0 Å². The van der Waals surface area contributed by atoms with Gasteiger partial charge in [0.15, 0.2) is 0 Å². The molecule has 13 heavy (non-hydrogen) atoms. The Morgan fingerprint density at radius 2 is 2.31 bits per heavy atom. The summed E-state index contributed by atoms with van der Waals surface area (Å²) in [6.45, 7) is 3.73. The highest BCUT2D eigenvalue weighted by atomic mass is 16.5. The van der Waals surface area contributed by atoms with Crippen molar-refractivity contribution in [3.8, 4) is 0 Å². The molecule has 0 aliphatic carbocycles. The SMILES string of the molecule is COCCCNc1ccc(C)cn1. The minimum absolute atomic E-state index is 0.791. The Morgan fingerprint density at radius 1 is 1.46 bits per heavy atom. The van der Waals surface area contributed by atoms with Gasteiger partial charge in [0, 0.05) is 26.5 Å². The summed E-state index contributed by atoms with van der Waals surface area (Å²) in [5.41, 5.74) is 1.18. The fraction of sp³-hybridized carbons (Fsp3) is 0.500. The molecule has 0 amide bonds. The lowest BCUT2D eigenvalue weighted by Crippen LogP contribution is -2.05. The van der Waals surface area contributed by atoms with Crippen molar-refractivity contribution in [1.29, 1.82) is 0 Å². The maximum absolute atomic E-state index is 4.94. The van der Waals surface area contributed by atoms with Gasteiger partial charge in [-0.2, -0.15) is 0 Å². The molecule has 1 heterocycles. The second kappa shape index (κ2) is 5.54. The first-order valence-corrected chi connectivity index (χ1v) is 4.48. The molecular formula is C10H16N2O. The zero-order valence-corrected chi connectivity index (χ0v) is 8.21. The van der Waals surface area contributed by atoms with Gasteiger partial charge < -0.3 is 10.1 Å². The van der Waals surface area contributed by atoms with Crippen LogP contribution in [0.4, 0.5) is 5.82 Å². The zero-order chi connectivity index (χ0) is 9.52. The van der Waals surface area contributed by atoms with E-state index in [2.05, 4.69) is 10.3 Å². The van der Waals surface area contributed by atoms with Crippen molar-refractivity contribution in [3.05, 3.63) is 23.9 Å². The number of rotatable bonds is 5. The van der Waals surface area contributed by atoms with Crippen LogP contribution in [0.25, 0.3) is 0 Å². The average molecular weight is 180 g/mol. The Labute approximate surface area is 79.1 Å². The Hall–Kier alpha value is -1.09. The third-order valence-corrected chi connectivity index (χ3v) is 1.74. The van der Waals surface area contributed by atoms with E-state index in [0.717, 1.165) is 25.4 Å². The molecule has 0 aromatic carbocycles. The Bertz CT molecular complexity index is 233. The monoisotopic (exact) mass is 180 g/mol. The molecule has 0 radical (unpaired) electrons. The van der Waals surface area contributed by atoms with Gasteiger partial charge in [-0.1, -0.05) is 6.07 Å². The van der Waals surface area contributed by atoms with Crippen LogP contribution in [0, 0.1) is 6.92 Å². The van der Waals surface area contributed by atoms with Gasteiger partial charge in [-0.05, 0) is 25.0 Å². The number of ether oxygens (including phenoxy) is 1. The van der Waals surface area contributed by atoms with Gasteiger partial charge in [0.2, 0.25) is 0 Å². The van der Waals surface area contributed by atoms with Crippen molar-refractivity contribution in [1.82, 2.24) is 4.98 Å². The molecule has 0 bridgehead atoms. The van der Waals surface area contributed by atoms with Gasteiger partial charge >= 0.3 is 0 Å². The molecule has 0 spiro atoms. The molecule has 1 aromatic rings. The second-order valence-corrected chi connectivity index (χ2v) is 2.99. The van der Waals surface area contributed by atoms with Gasteiger partial charge in [-0.3, -0.25) is 0 Å². The van der Waals surface area contributed by atoms with Crippen molar-refractivity contribution < 1.29 is 4.74 Å². The first-order chi connectivity index (χ1) is 6.33. The molecule has 1 rings (SSSR count). The third-order valence-electron chi connectivity index (χ3n) is 1.74. The van der Waals surface area contributed by atoms with E-state index >= 15 is 0 Å². The van der Waals surface area contributed by atoms with Crippen LogP contribution in [-0.2, 0) is 4.74 Å². The summed E-state index contributed by atoms with van der Waals surface area (Å²) < 4.78 is 4.94. The molecule has 3 nitrogen and oxygen atoms in total. The van der Waals surface area contributed by atoms with Gasteiger partial charge in [-0.15, -0.1) is 0 Å². The van der Waals surface area contributed by atoms with E-state index in [-0.39, 0.29) is 0 Å². The Morgan fingerprint density at radius 3 is 2.92 bits per heavy atom. The van der Waals surface area contributed by atoms with Crippen LogP contribution in [0.5, 0.6) is 0 Å². The lowest BCUT2D eigenvalue weighted by Gasteiger charge is -2.04. The van der Waals surface area contributed by atoms with E-state index in [9.17, 15) is 0 Å². The van der Waals surface area contributed by atoms with Gasteiger partial charge in [0.05, 0.1) is 0 Å². The smallest absolute Gasteiger partial charge is 0.125 e. The fourth-order valence-electron chi connectivity index (χ4n) is 1.01.